The summed E-state index contributed by atoms with van der Waals surface area (Å²) in [5, 5.41) is 4.47. The van der Waals surface area contributed by atoms with Gasteiger partial charge >= 0.3 is 0 Å². The molecule has 1 saturated heterocycles. The molecule has 7 nitrogen and oxygen atoms in total. The summed E-state index contributed by atoms with van der Waals surface area (Å²) in [6.07, 6.45) is 4.16. The van der Waals surface area contributed by atoms with Crippen LogP contribution in [0.25, 0.3) is 0 Å². The zero-order valence-electron chi connectivity index (χ0n) is 10.1. The van der Waals surface area contributed by atoms with Gasteiger partial charge in [-0.05, 0) is 12.8 Å². The second kappa shape index (κ2) is 4.69. The average molecular weight is 272 g/mol. The Morgan fingerprint density at radius 2 is 2.28 bits per heavy atom. The second-order valence-electron chi connectivity index (χ2n) is 4.49. The molecule has 0 spiro atoms. The van der Waals surface area contributed by atoms with Crippen molar-refractivity contribution in [1.82, 2.24) is 14.5 Å². The Hall–Kier alpha value is -1.41. The van der Waals surface area contributed by atoms with Gasteiger partial charge in [0, 0.05) is 20.1 Å². The number of nitrogens with zero attached hydrogens (tertiary/aromatic N) is 3. The molecule has 1 fully saturated rings. The zero-order chi connectivity index (χ0) is 13.3. The molecular formula is C10H16N4O3S. The van der Waals surface area contributed by atoms with Crippen molar-refractivity contribution in [3.05, 3.63) is 18.2 Å². The van der Waals surface area contributed by atoms with Crippen molar-refractivity contribution in [1.29, 1.82) is 0 Å². The first-order valence-electron chi connectivity index (χ1n) is 5.67. The maximum atomic E-state index is 12.2. The molecule has 0 radical (unpaired) electrons. The smallest absolute Gasteiger partial charge is 0.272 e. The summed E-state index contributed by atoms with van der Waals surface area (Å²) >= 11 is 0. The van der Waals surface area contributed by atoms with E-state index in [1.807, 2.05) is 0 Å². The first-order valence-corrected chi connectivity index (χ1v) is 7.27. The number of likely N-dealkylation sites (tertiary alicyclic amines) is 1. The van der Waals surface area contributed by atoms with Crippen LogP contribution in [0.2, 0.25) is 0 Å². The molecule has 0 saturated carbocycles. The molecular weight excluding hydrogens is 256 g/mol. The van der Waals surface area contributed by atoms with Gasteiger partial charge in [0.15, 0.2) is 0 Å². The van der Waals surface area contributed by atoms with Gasteiger partial charge in [-0.3, -0.25) is 4.79 Å². The fourth-order valence-electron chi connectivity index (χ4n) is 2.12. The predicted octanol–water partition coefficient (Wildman–Crippen LogP) is -0.687. The molecule has 1 aromatic heterocycles. The number of hydrogen-bond donors (Lipinski definition) is 1. The zero-order valence-corrected chi connectivity index (χ0v) is 10.9. The van der Waals surface area contributed by atoms with Crippen molar-refractivity contribution < 1.29 is 13.2 Å². The lowest BCUT2D eigenvalue weighted by Gasteiger charge is -2.31. The number of aryl methyl sites for hydroxylation is 1. The molecule has 2 heterocycles. The van der Waals surface area contributed by atoms with E-state index in [2.05, 4.69) is 4.98 Å². The summed E-state index contributed by atoms with van der Waals surface area (Å²) in [5.41, 5.74) is 0.449. The van der Waals surface area contributed by atoms with E-state index in [-0.39, 0.29) is 12.5 Å². The molecule has 1 unspecified atom stereocenters. The van der Waals surface area contributed by atoms with Gasteiger partial charge in [-0.15, -0.1) is 0 Å². The molecule has 100 valence electrons. The summed E-state index contributed by atoms with van der Waals surface area (Å²) in [5.74, 6) is -0.205. The minimum Gasteiger partial charge on any atom is -0.336 e. The Morgan fingerprint density at radius 1 is 1.56 bits per heavy atom. The van der Waals surface area contributed by atoms with Crippen molar-refractivity contribution in [2.45, 2.75) is 18.1 Å². The van der Waals surface area contributed by atoms with Gasteiger partial charge in [0.05, 0.1) is 17.8 Å². The van der Waals surface area contributed by atoms with E-state index in [4.69, 9.17) is 5.14 Å². The van der Waals surface area contributed by atoms with Gasteiger partial charge in [-0.1, -0.05) is 0 Å². The van der Waals surface area contributed by atoms with E-state index in [0.717, 1.165) is 0 Å². The van der Waals surface area contributed by atoms with Crippen molar-refractivity contribution in [3.8, 4) is 0 Å². The van der Waals surface area contributed by atoms with Gasteiger partial charge in [-0.2, -0.15) is 0 Å². The molecule has 1 aromatic rings. The van der Waals surface area contributed by atoms with Crippen LogP contribution in [0.4, 0.5) is 0 Å². The number of rotatable bonds is 2. The van der Waals surface area contributed by atoms with Crippen molar-refractivity contribution in [2.75, 3.05) is 13.1 Å². The number of amides is 1. The molecule has 2 N–H and O–H groups in total. The van der Waals surface area contributed by atoms with Crippen LogP contribution in [-0.4, -0.2) is 47.1 Å². The molecule has 1 atom stereocenters. The Balaban J connectivity index is 2.15. The van der Waals surface area contributed by atoms with Crippen LogP contribution in [0, 0.1) is 0 Å². The number of carbonyl (C=O) groups is 1. The third kappa shape index (κ3) is 2.54. The molecule has 1 aliphatic rings. The largest absolute Gasteiger partial charge is 0.336 e. The van der Waals surface area contributed by atoms with E-state index in [1.165, 1.54) is 17.4 Å². The Morgan fingerprint density at radius 3 is 2.83 bits per heavy atom. The first kappa shape index (κ1) is 13.0. The van der Waals surface area contributed by atoms with Crippen LogP contribution in [0.1, 0.15) is 23.3 Å². The SMILES string of the molecule is Cn1cncc1C(=O)N1CCCC(S(N)(=O)=O)C1. The fourth-order valence-corrected chi connectivity index (χ4v) is 3.00. The lowest BCUT2D eigenvalue weighted by Crippen LogP contribution is -2.47. The normalized spacial score (nSPS) is 21.0. The molecule has 0 bridgehead atoms. The summed E-state index contributed by atoms with van der Waals surface area (Å²) < 4.78 is 24.3. The number of sulfonamides is 1. The van der Waals surface area contributed by atoms with E-state index in [0.29, 0.717) is 25.1 Å². The summed E-state index contributed by atoms with van der Waals surface area (Å²) in [6, 6.07) is 0. The topological polar surface area (TPSA) is 98.3 Å². The molecule has 0 aliphatic carbocycles. The monoisotopic (exact) mass is 272 g/mol. The quantitative estimate of drug-likeness (QED) is 0.770. The Kier molecular flexibility index (Phi) is 3.40. The standard InChI is InChI=1S/C10H16N4O3S/c1-13-7-12-5-9(13)10(15)14-4-2-3-8(6-14)18(11,16)17/h5,7-8H,2-4,6H2,1H3,(H2,11,16,17). The molecule has 2 rings (SSSR count). The van der Waals surface area contributed by atoms with Gasteiger partial charge in [0.1, 0.15) is 5.69 Å². The number of nitrogens with two attached hydrogens (primary N) is 1. The lowest BCUT2D eigenvalue weighted by atomic mass is 10.1. The Labute approximate surface area is 106 Å². The van der Waals surface area contributed by atoms with E-state index in [9.17, 15) is 13.2 Å². The van der Waals surface area contributed by atoms with Crippen LogP contribution in [0.3, 0.4) is 0 Å². The van der Waals surface area contributed by atoms with Crippen LogP contribution >= 0.6 is 0 Å². The van der Waals surface area contributed by atoms with E-state index in [1.54, 1.807) is 11.6 Å². The highest BCUT2D eigenvalue weighted by molar-refractivity contribution is 7.89. The van der Waals surface area contributed by atoms with Crippen LogP contribution in [0.5, 0.6) is 0 Å². The maximum Gasteiger partial charge on any atom is 0.272 e. The third-order valence-electron chi connectivity index (χ3n) is 3.17. The summed E-state index contributed by atoms with van der Waals surface area (Å²) in [6.45, 7) is 0.707. The average Bonchev–Trinajstić information content (AvgIpc) is 2.73. The van der Waals surface area contributed by atoms with Gasteiger partial charge < -0.3 is 9.47 Å². The molecule has 18 heavy (non-hydrogen) atoms. The van der Waals surface area contributed by atoms with Gasteiger partial charge in [-0.25, -0.2) is 18.5 Å². The molecule has 1 aliphatic heterocycles. The Bertz CT molecular complexity index is 551. The van der Waals surface area contributed by atoms with Crippen LogP contribution in [-0.2, 0) is 17.1 Å². The van der Waals surface area contributed by atoms with Gasteiger partial charge in [0.25, 0.3) is 5.91 Å². The number of hydrogen-bond acceptors (Lipinski definition) is 4. The van der Waals surface area contributed by atoms with Crippen molar-refractivity contribution in [2.24, 2.45) is 12.2 Å². The highest BCUT2D eigenvalue weighted by atomic mass is 32.2. The summed E-state index contributed by atoms with van der Waals surface area (Å²) in [4.78, 5) is 17.6. The molecule has 8 heteroatoms. The second-order valence-corrected chi connectivity index (χ2v) is 6.34. The predicted molar refractivity (Wildman–Crippen MR) is 65.2 cm³/mol. The third-order valence-corrected chi connectivity index (χ3v) is 4.48. The number of piperidine rings is 1. The van der Waals surface area contributed by atoms with Crippen LogP contribution < -0.4 is 5.14 Å². The fraction of sp³-hybridized carbons (Fsp3) is 0.600. The number of carbonyl (C=O) groups excluding carboxylic acids is 1. The molecule has 0 aromatic carbocycles. The minimum absolute atomic E-state index is 0.156. The highest BCUT2D eigenvalue weighted by Crippen LogP contribution is 2.17. The van der Waals surface area contributed by atoms with E-state index < -0.39 is 15.3 Å². The van der Waals surface area contributed by atoms with E-state index >= 15 is 0 Å². The summed E-state index contributed by atoms with van der Waals surface area (Å²) in [7, 11) is -1.86. The minimum atomic E-state index is -3.59. The first-order chi connectivity index (χ1) is 8.39. The highest BCUT2D eigenvalue weighted by Gasteiger charge is 2.31. The number of imidazole rings is 1. The van der Waals surface area contributed by atoms with Crippen LogP contribution in [0.15, 0.2) is 12.5 Å². The number of primary sulfonamides is 1. The number of aromatic nitrogens is 2. The van der Waals surface area contributed by atoms with Gasteiger partial charge in [0.2, 0.25) is 10.0 Å². The maximum absolute atomic E-state index is 12.2. The molecule has 1 amide bonds. The van der Waals surface area contributed by atoms with Crippen molar-refractivity contribution >= 4 is 15.9 Å². The van der Waals surface area contributed by atoms with Crippen molar-refractivity contribution in [3.63, 3.8) is 0 Å². The lowest BCUT2D eigenvalue weighted by molar-refractivity contribution is 0.0717.